The molecule has 0 aromatic carbocycles. The summed E-state index contributed by atoms with van der Waals surface area (Å²) < 4.78 is 6.08. The molecule has 19 heavy (non-hydrogen) atoms. The Morgan fingerprint density at radius 3 is 2.79 bits per heavy atom. The van der Waals surface area contributed by atoms with E-state index in [0.717, 1.165) is 4.47 Å². The smallest absolute Gasteiger partial charge is 0.260 e. The molecule has 3 heterocycles. The minimum Gasteiger partial charge on any atom is -0.397 e. The average molecular weight is 318 g/mol. The normalized spacial score (nSPS) is 10.6. The molecule has 0 amide bonds. The Morgan fingerprint density at radius 2 is 2.05 bits per heavy atom. The lowest BCUT2D eigenvalue weighted by Crippen LogP contribution is -1.91. The molecule has 3 rings (SSSR count). The molecule has 2 N–H and O–H groups in total. The number of nitrogens with zero attached hydrogens (tertiary/aromatic N) is 4. The van der Waals surface area contributed by atoms with E-state index in [1.165, 1.54) is 6.20 Å². The molecule has 0 saturated heterocycles. The predicted octanol–water partition coefficient (Wildman–Crippen LogP) is 2.54. The molecular formula is C12H8BrN5O. The largest absolute Gasteiger partial charge is 0.397 e. The maximum Gasteiger partial charge on any atom is 0.260 e. The summed E-state index contributed by atoms with van der Waals surface area (Å²) in [5, 5.41) is 3.89. The molecule has 94 valence electrons. The van der Waals surface area contributed by atoms with Crippen LogP contribution in [-0.4, -0.2) is 20.1 Å². The number of hydrogen-bond donors (Lipinski definition) is 1. The van der Waals surface area contributed by atoms with Gasteiger partial charge in [-0.15, -0.1) is 0 Å². The molecule has 0 aliphatic carbocycles. The Kier molecular flexibility index (Phi) is 2.96. The highest BCUT2D eigenvalue weighted by Gasteiger charge is 2.13. The molecule has 0 spiro atoms. The number of halogens is 1. The molecule has 0 unspecified atom stereocenters. The van der Waals surface area contributed by atoms with Crippen LogP contribution in [0.3, 0.4) is 0 Å². The topological polar surface area (TPSA) is 90.7 Å². The van der Waals surface area contributed by atoms with Crippen LogP contribution in [0, 0.1) is 0 Å². The van der Waals surface area contributed by atoms with Gasteiger partial charge >= 0.3 is 0 Å². The molecular weight excluding hydrogens is 310 g/mol. The van der Waals surface area contributed by atoms with Crippen molar-refractivity contribution in [1.82, 2.24) is 20.1 Å². The van der Waals surface area contributed by atoms with Gasteiger partial charge in [-0.1, -0.05) is 5.16 Å². The monoisotopic (exact) mass is 317 g/mol. The third-order valence-electron chi connectivity index (χ3n) is 2.46. The second kappa shape index (κ2) is 4.77. The van der Waals surface area contributed by atoms with Gasteiger partial charge in [0.2, 0.25) is 5.82 Å². The maximum atomic E-state index is 5.81. The van der Waals surface area contributed by atoms with E-state index in [-0.39, 0.29) is 0 Å². The van der Waals surface area contributed by atoms with Gasteiger partial charge in [-0.05, 0) is 34.1 Å². The van der Waals surface area contributed by atoms with E-state index in [1.807, 2.05) is 6.07 Å². The second-order valence-electron chi connectivity index (χ2n) is 3.75. The van der Waals surface area contributed by atoms with Crippen LogP contribution >= 0.6 is 15.9 Å². The first-order chi connectivity index (χ1) is 9.24. The van der Waals surface area contributed by atoms with E-state index in [1.54, 1.807) is 24.5 Å². The Hall–Kier alpha value is -2.28. The van der Waals surface area contributed by atoms with E-state index < -0.39 is 0 Å². The van der Waals surface area contributed by atoms with Gasteiger partial charge < -0.3 is 10.3 Å². The fourth-order valence-corrected chi connectivity index (χ4v) is 1.78. The van der Waals surface area contributed by atoms with Crippen molar-refractivity contribution in [3.05, 3.63) is 41.3 Å². The van der Waals surface area contributed by atoms with Crippen molar-refractivity contribution in [3.63, 3.8) is 0 Å². The number of anilines is 1. The Labute approximate surface area is 116 Å². The van der Waals surface area contributed by atoms with Crippen LogP contribution in [-0.2, 0) is 0 Å². The summed E-state index contributed by atoms with van der Waals surface area (Å²) in [7, 11) is 0. The van der Waals surface area contributed by atoms with Crippen LogP contribution < -0.4 is 5.73 Å². The highest BCUT2D eigenvalue weighted by atomic mass is 79.9. The van der Waals surface area contributed by atoms with Gasteiger partial charge in [-0.25, -0.2) is 0 Å². The minimum absolute atomic E-state index is 0.347. The van der Waals surface area contributed by atoms with E-state index in [9.17, 15) is 0 Å². The van der Waals surface area contributed by atoms with Crippen LogP contribution in [0.4, 0.5) is 5.69 Å². The zero-order valence-electron chi connectivity index (χ0n) is 9.62. The van der Waals surface area contributed by atoms with Crippen LogP contribution in [0.15, 0.2) is 45.8 Å². The number of pyridine rings is 2. The number of hydrogen-bond acceptors (Lipinski definition) is 6. The first-order valence-electron chi connectivity index (χ1n) is 5.39. The third-order valence-corrected chi connectivity index (χ3v) is 2.93. The van der Waals surface area contributed by atoms with Crippen LogP contribution in [0.1, 0.15) is 0 Å². The summed E-state index contributed by atoms with van der Waals surface area (Å²) in [5.74, 6) is 0.762. The summed E-state index contributed by atoms with van der Waals surface area (Å²) in [4.78, 5) is 12.4. The molecule has 7 heteroatoms. The van der Waals surface area contributed by atoms with Crippen LogP contribution in [0.2, 0.25) is 0 Å². The van der Waals surface area contributed by atoms with Gasteiger partial charge in [0.1, 0.15) is 5.69 Å². The predicted molar refractivity (Wildman–Crippen MR) is 72.9 cm³/mol. The standard InChI is InChI=1S/C12H8BrN5O/c13-7-1-2-10(16-5-7)11-17-12(19-18-11)8-3-4-15-6-9(8)14/h1-6H,14H2. The Balaban J connectivity index is 2.00. The van der Waals surface area contributed by atoms with Crippen molar-refractivity contribution in [2.45, 2.75) is 0 Å². The molecule has 0 aliphatic heterocycles. The van der Waals surface area contributed by atoms with Crippen LogP contribution in [0.5, 0.6) is 0 Å². The Bertz CT molecular complexity index is 710. The third kappa shape index (κ3) is 2.32. The highest BCUT2D eigenvalue weighted by molar-refractivity contribution is 9.10. The fourth-order valence-electron chi connectivity index (χ4n) is 1.55. The molecule has 6 nitrogen and oxygen atoms in total. The lowest BCUT2D eigenvalue weighted by molar-refractivity contribution is 0.432. The van der Waals surface area contributed by atoms with Gasteiger partial charge in [-0.2, -0.15) is 4.98 Å². The number of aromatic nitrogens is 4. The van der Waals surface area contributed by atoms with E-state index >= 15 is 0 Å². The molecule has 0 atom stereocenters. The van der Waals surface area contributed by atoms with Crippen LogP contribution in [0.25, 0.3) is 23.0 Å². The number of nitrogens with two attached hydrogens (primary N) is 1. The zero-order valence-corrected chi connectivity index (χ0v) is 11.2. The summed E-state index contributed by atoms with van der Waals surface area (Å²) >= 11 is 3.32. The van der Waals surface area contributed by atoms with Gasteiger partial charge in [-0.3, -0.25) is 9.97 Å². The molecule has 0 saturated carbocycles. The van der Waals surface area contributed by atoms with Crippen molar-refractivity contribution in [2.24, 2.45) is 0 Å². The lowest BCUT2D eigenvalue weighted by atomic mass is 10.2. The molecule has 0 bridgehead atoms. The van der Waals surface area contributed by atoms with Gasteiger partial charge in [0, 0.05) is 16.9 Å². The SMILES string of the molecule is Nc1cnccc1-c1nc(-c2ccc(Br)cn2)no1. The quantitative estimate of drug-likeness (QED) is 0.781. The van der Waals surface area contributed by atoms with Gasteiger partial charge in [0.05, 0.1) is 17.4 Å². The summed E-state index contributed by atoms with van der Waals surface area (Å²) in [5.41, 5.74) is 7.58. The summed E-state index contributed by atoms with van der Waals surface area (Å²) in [6.07, 6.45) is 4.83. The van der Waals surface area contributed by atoms with Gasteiger partial charge in [0.25, 0.3) is 5.89 Å². The zero-order chi connectivity index (χ0) is 13.2. The molecule has 3 aromatic heterocycles. The second-order valence-corrected chi connectivity index (χ2v) is 4.66. The molecule has 0 fully saturated rings. The minimum atomic E-state index is 0.347. The van der Waals surface area contributed by atoms with E-state index in [4.69, 9.17) is 10.3 Å². The first kappa shape index (κ1) is 11.8. The number of nitrogen functional groups attached to an aromatic ring is 1. The molecule has 3 aromatic rings. The van der Waals surface area contributed by atoms with Crippen molar-refractivity contribution >= 4 is 21.6 Å². The Morgan fingerprint density at radius 1 is 1.16 bits per heavy atom. The van der Waals surface area contributed by atoms with Crippen molar-refractivity contribution in [1.29, 1.82) is 0 Å². The van der Waals surface area contributed by atoms with E-state index in [0.29, 0.717) is 28.7 Å². The first-order valence-corrected chi connectivity index (χ1v) is 6.19. The van der Waals surface area contributed by atoms with Crippen molar-refractivity contribution < 1.29 is 4.52 Å². The molecule has 0 aliphatic rings. The summed E-state index contributed by atoms with van der Waals surface area (Å²) in [6, 6.07) is 5.38. The summed E-state index contributed by atoms with van der Waals surface area (Å²) in [6.45, 7) is 0. The highest BCUT2D eigenvalue weighted by Crippen LogP contribution is 2.25. The van der Waals surface area contributed by atoms with E-state index in [2.05, 4.69) is 36.0 Å². The number of rotatable bonds is 2. The van der Waals surface area contributed by atoms with Gasteiger partial charge in [0.15, 0.2) is 0 Å². The fraction of sp³-hybridized carbons (Fsp3) is 0. The maximum absolute atomic E-state index is 5.81. The lowest BCUT2D eigenvalue weighted by Gasteiger charge is -1.97. The average Bonchev–Trinajstić information content (AvgIpc) is 2.89. The van der Waals surface area contributed by atoms with Crippen molar-refractivity contribution in [3.8, 4) is 23.0 Å². The molecule has 0 radical (unpaired) electrons. The van der Waals surface area contributed by atoms with Crippen molar-refractivity contribution in [2.75, 3.05) is 5.73 Å².